The van der Waals surface area contributed by atoms with Crippen molar-refractivity contribution in [3.05, 3.63) is 22.1 Å². The fourth-order valence-corrected chi connectivity index (χ4v) is 1.11. The highest BCUT2D eigenvalue weighted by molar-refractivity contribution is 5.45. The summed E-state index contributed by atoms with van der Waals surface area (Å²) in [6.45, 7) is 2.37. The first-order valence-electron chi connectivity index (χ1n) is 4.00. The summed E-state index contributed by atoms with van der Waals surface area (Å²) in [5.74, 6) is 0.500. The number of carbonyl (C=O) groups is 1. The number of hydrogen-bond donors (Lipinski definition) is 1. The van der Waals surface area contributed by atoms with Crippen LogP contribution in [0.5, 0.6) is 0 Å². The van der Waals surface area contributed by atoms with E-state index >= 15 is 0 Å². The Morgan fingerprint density at radius 2 is 2.50 bits per heavy atom. The normalized spacial score (nSPS) is 9.79. The summed E-state index contributed by atoms with van der Waals surface area (Å²) in [6.07, 6.45) is 1.76. The van der Waals surface area contributed by atoms with Gasteiger partial charge in [0.05, 0.1) is 6.54 Å². The van der Waals surface area contributed by atoms with Crippen molar-refractivity contribution in [3.8, 4) is 0 Å². The molecule has 76 valence electrons. The van der Waals surface area contributed by atoms with Gasteiger partial charge in [0.25, 0.3) is 0 Å². The molecule has 0 atom stereocenters. The lowest BCUT2D eigenvalue weighted by molar-refractivity contribution is -0.392. The van der Waals surface area contributed by atoms with Crippen molar-refractivity contribution < 1.29 is 9.72 Å². The van der Waals surface area contributed by atoms with Crippen LogP contribution >= 0.6 is 0 Å². The zero-order valence-electron chi connectivity index (χ0n) is 7.64. The maximum atomic E-state index is 10.5. The summed E-state index contributed by atoms with van der Waals surface area (Å²) < 4.78 is 1.44. The summed E-state index contributed by atoms with van der Waals surface area (Å²) in [5.41, 5.74) is 0. The quantitative estimate of drug-likeness (QED) is 0.308. The molecule has 0 radical (unpaired) electrons. The summed E-state index contributed by atoms with van der Waals surface area (Å²) in [4.78, 5) is 23.8. The Morgan fingerprint density at radius 1 is 1.79 bits per heavy atom. The number of aryl methyl sites for hydroxylation is 1. The Balaban J connectivity index is 2.77. The number of rotatable bonds is 5. The first kappa shape index (κ1) is 10.2. The first-order valence-corrected chi connectivity index (χ1v) is 4.00. The Bertz CT molecular complexity index is 347. The highest BCUT2D eigenvalue weighted by Crippen LogP contribution is 2.12. The second kappa shape index (κ2) is 4.35. The molecule has 14 heavy (non-hydrogen) atoms. The Morgan fingerprint density at radius 3 is 3.07 bits per heavy atom. The van der Waals surface area contributed by atoms with Gasteiger partial charge in [-0.15, -0.1) is 0 Å². The maximum absolute atomic E-state index is 10.5. The van der Waals surface area contributed by atoms with Crippen LogP contribution < -0.4 is 5.32 Å². The van der Waals surface area contributed by atoms with Gasteiger partial charge < -0.3 is 15.4 Å². The lowest BCUT2D eigenvalue weighted by atomic mass is 10.5. The Hall–Kier alpha value is -1.92. The van der Waals surface area contributed by atoms with Gasteiger partial charge in [-0.1, -0.05) is 0 Å². The summed E-state index contributed by atoms with van der Waals surface area (Å²) in [5, 5.41) is 13.0. The molecule has 7 nitrogen and oxygen atoms in total. The highest BCUT2D eigenvalue weighted by Gasteiger charge is 2.16. The monoisotopic (exact) mass is 198 g/mol. The number of nitro groups is 1. The van der Waals surface area contributed by atoms with E-state index in [0.717, 1.165) is 0 Å². The lowest BCUT2D eigenvalue weighted by Gasteiger charge is -2.01. The molecule has 0 bridgehead atoms. The number of amides is 1. The predicted molar refractivity (Wildman–Crippen MR) is 47.7 cm³/mol. The van der Waals surface area contributed by atoms with E-state index in [-0.39, 0.29) is 5.82 Å². The van der Waals surface area contributed by atoms with E-state index in [1.165, 1.54) is 10.8 Å². The molecule has 0 aliphatic heterocycles. The maximum Gasteiger partial charge on any atom is 0.342 e. The minimum Gasteiger partial charge on any atom is -0.358 e. The summed E-state index contributed by atoms with van der Waals surface area (Å²) in [6, 6.07) is 0. The number of imidazole rings is 1. The third-order valence-electron chi connectivity index (χ3n) is 1.78. The molecule has 0 aliphatic carbocycles. The topological polar surface area (TPSA) is 90.1 Å². The minimum absolute atomic E-state index is 0.0600. The third kappa shape index (κ3) is 2.06. The largest absolute Gasteiger partial charge is 0.358 e. The fourth-order valence-electron chi connectivity index (χ4n) is 1.11. The standard InChI is InChI=1S/C7H10N4O3/c1-6-9-4-7(11(13)14)10(6)3-2-8-5-12/h4-5H,2-3H2,1H3,(H,8,12). The third-order valence-corrected chi connectivity index (χ3v) is 1.78. The van der Waals surface area contributed by atoms with E-state index in [2.05, 4.69) is 10.3 Å². The van der Waals surface area contributed by atoms with Gasteiger partial charge in [-0.2, -0.15) is 0 Å². The molecule has 1 rings (SSSR count). The minimum atomic E-state index is -0.499. The van der Waals surface area contributed by atoms with Crippen LogP contribution in [-0.4, -0.2) is 27.4 Å². The van der Waals surface area contributed by atoms with Crippen molar-refractivity contribution in [3.63, 3.8) is 0 Å². The van der Waals surface area contributed by atoms with Crippen molar-refractivity contribution in [2.45, 2.75) is 13.5 Å². The molecule has 7 heteroatoms. The Kier molecular flexibility index (Phi) is 3.16. The van der Waals surface area contributed by atoms with Crippen molar-refractivity contribution in [1.82, 2.24) is 14.9 Å². The average Bonchev–Trinajstić information content (AvgIpc) is 2.48. The van der Waals surface area contributed by atoms with Crippen LogP contribution in [0.15, 0.2) is 6.20 Å². The number of nitrogens with zero attached hydrogens (tertiary/aromatic N) is 3. The predicted octanol–water partition coefficient (Wildman–Crippen LogP) is -0.154. The van der Waals surface area contributed by atoms with Crippen LogP contribution in [0.3, 0.4) is 0 Å². The smallest absolute Gasteiger partial charge is 0.342 e. The zero-order chi connectivity index (χ0) is 10.6. The van der Waals surface area contributed by atoms with E-state index in [1.54, 1.807) is 6.92 Å². The van der Waals surface area contributed by atoms with Crippen molar-refractivity contribution in [2.24, 2.45) is 0 Å². The first-order chi connectivity index (χ1) is 6.66. The van der Waals surface area contributed by atoms with Gasteiger partial charge in [0.2, 0.25) is 6.41 Å². The van der Waals surface area contributed by atoms with Gasteiger partial charge in [-0.25, -0.2) is 9.55 Å². The zero-order valence-corrected chi connectivity index (χ0v) is 7.64. The number of carbonyl (C=O) groups excluding carboxylic acids is 1. The molecular formula is C7H10N4O3. The molecule has 0 saturated carbocycles. The number of aromatic nitrogens is 2. The second-order valence-corrected chi connectivity index (χ2v) is 2.64. The molecule has 1 N–H and O–H groups in total. The average molecular weight is 198 g/mol. The van der Waals surface area contributed by atoms with Crippen LogP contribution in [0.25, 0.3) is 0 Å². The lowest BCUT2D eigenvalue weighted by Crippen LogP contribution is -2.19. The molecule has 0 aliphatic rings. The SMILES string of the molecule is Cc1ncc([N+](=O)[O-])n1CCNC=O. The number of hydrogen-bond acceptors (Lipinski definition) is 4. The van der Waals surface area contributed by atoms with Gasteiger partial charge in [-0.3, -0.25) is 4.79 Å². The molecule has 0 fully saturated rings. The van der Waals surface area contributed by atoms with Crippen molar-refractivity contribution in [2.75, 3.05) is 6.54 Å². The van der Waals surface area contributed by atoms with Crippen LogP contribution in [0.2, 0.25) is 0 Å². The number of nitrogens with one attached hydrogen (secondary N) is 1. The van der Waals surface area contributed by atoms with Crippen LogP contribution in [0.4, 0.5) is 5.82 Å². The van der Waals surface area contributed by atoms with E-state index in [1.807, 2.05) is 0 Å². The molecular weight excluding hydrogens is 188 g/mol. The molecule has 1 aromatic rings. The van der Waals surface area contributed by atoms with Gasteiger partial charge >= 0.3 is 5.82 Å². The fraction of sp³-hybridized carbons (Fsp3) is 0.429. The van der Waals surface area contributed by atoms with Crippen LogP contribution in [0.1, 0.15) is 5.82 Å². The van der Waals surface area contributed by atoms with Crippen LogP contribution in [-0.2, 0) is 11.3 Å². The molecule has 0 aromatic carbocycles. The summed E-state index contributed by atoms with van der Waals surface area (Å²) in [7, 11) is 0. The molecule has 0 unspecified atom stereocenters. The molecule has 0 spiro atoms. The van der Waals surface area contributed by atoms with Gasteiger partial charge in [0.1, 0.15) is 12.7 Å². The second-order valence-electron chi connectivity index (χ2n) is 2.64. The van der Waals surface area contributed by atoms with E-state index in [4.69, 9.17) is 0 Å². The molecule has 1 aromatic heterocycles. The van der Waals surface area contributed by atoms with Crippen molar-refractivity contribution in [1.29, 1.82) is 0 Å². The molecule has 1 heterocycles. The summed E-state index contributed by atoms with van der Waals surface area (Å²) >= 11 is 0. The van der Waals surface area contributed by atoms with Gasteiger partial charge in [-0.05, 0) is 4.92 Å². The van der Waals surface area contributed by atoms with Crippen molar-refractivity contribution >= 4 is 12.2 Å². The Labute approximate surface area is 79.9 Å². The van der Waals surface area contributed by atoms with Gasteiger partial charge in [0.15, 0.2) is 5.82 Å². The van der Waals surface area contributed by atoms with Gasteiger partial charge in [0, 0.05) is 6.92 Å². The van der Waals surface area contributed by atoms with E-state index < -0.39 is 4.92 Å². The molecule has 0 saturated heterocycles. The van der Waals surface area contributed by atoms with E-state index in [0.29, 0.717) is 25.3 Å². The van der Waals surface area contributed by atoms with Crippen LogP contribution in [0, 0.1) is 17.0 Å². The van der Waals surface area contributed by atoms with E-state index in [9.17, 15) is 14.9 Å². The molecule has 1 amide bonds. The highest BCUT2D eigenvalue weighted by atomic mass is 16.6.